The molecule has 2 nitrogen and oxygen atoms in total. The number of anilines is 1. The molecule has 0 spiro atoms. The summed E-state index contributed by atoms with van der Waals surface area (Å²) in [5.74, 6) is 0. The van der Waals surface area contributed by atoms with E-state index in [-0.39, 0.29) is 0 Å². The van der Waals surface area contributed by atoms with Crippen LogP contribution >= 0.6 is 11.6 Å². The number of piperazine rings is 1. The summed E-state index contributed by atoms with van der Waals surface area (Å²) in [6.45, 7) is 5.39. The van der Waals surface area contributed by atoms with E-state index in [1.807, 2.05) is 18.2 Å². The predicted octanol–water partition coefficient (Wildman–Crippen LogP) is 2.14. The zero-order valence-electron chi connectivity index (χ0n) is 8.33. The van der Waals surface area contributed by atoms with Crippen LogP contribution in [-0.4, -0.2) is 25.7 Å². The van der Waals surface area contributed by atoms with Crippen LogP contribution in [0.25, 0.3) is 0 Å². The highest BCUT2D eigenvalue weighted by Gasteiger charge is 2.17. The maximum atomic E-state index is 5.97. The Morgan fingerprint density at radius 3 is 3.07 bits per heavy atom. The van der Waals surface area contributed by atoms with Crippen LogP contribution in [0.4, 0.5) is 5.69 Å². The molecular weight excluding hydrogens is 196 g/mol. The van der Waals surface area contributed by atoms with E-state index in [0.29, 0.717) is 6.04 Å². The molecule has 1 aromatic rings. The fourth-order valence-electron chi connectivity index (χ4n) is 1.88. The van der Waals surface area contributed by atoms with Gasteiger partial charge in [0, 0.05) is 36.4 Å². The molecule has 1 aliphatic rings. The van der Waals surface area contributed by atoms with Crippen molar-refractivity contribution in [2.45, 2.75) is 13.0 Å². The molecule has 0 amide bonds. The van der Waals surface area contributed by atoms with E-state index in [2.05, 4.69) is 23.2 Å². The first-order chi connectivity index (χ1) is 6.77. The Bertz CT molecular complexity index is 314. The van der Waals surface area contributed by atoms with Gasteiger partial charge in [-0.2, -0.15) is 0 Å². The maximum absolute atomic E-state index is 5.97. The highest BCUT2D eigenvalue weighted by molar-refractivity contribution is 6.30. The average Bonchev–Trinajstić information content (AvgIpc) is 2.18. The third-order valence-electron chi connectivity index (χ3n) is 2.64. The van der Waals surface area contributed by atoms with Crippen molar-refractivity contribution in [3.8, 4) is 0 Å². The van der Waals surface area contributed by atoms with E-state index < -0.39 is 0 Å². The number of nitrogens with zero attached hydrogens (tertiary/aromatic N) is 1. The maximum Gasteiger partial charge on any atom is 0.0426 e. The summed E-state index contributed by atoms with van der Waals surface area (Å²) in [4.78, 5) is 2.39. The number of rotatable bonds is 1. The molecule has 1 heterocycles. The van der Waals surface area contributed by atoms with Gasteiger partial charge in [0.25, 0.3) is 0 Å². The minimum atomic E-state index is 0.544. The zero-order chi connectivity index (χ0) is 9.97. The highest BCUT2D eigenvalue weighted by Crippen LogP contribution is 2.21. The smallest absolute Gasteiger partial charge is 0.0426 e. The topological polar surface area (TPSA) is 15.3 Å². The van der Waals surface area contributed by atoms with E-state index in [1.165, 1.54) is 5.69 Å². The van der Waals surface area contributed by atoms with Crippen LogP contribution in [0.3, 0.4) is 0 Å². The van der Waals surface area contributed by atoms with E-state index in [1.54, 1.807) is 0 Å². The van der Waals surface area contributed by atoms with Gasteiger partial charge in [0.2, 0.25) is 0 Å². The molecule has 0 aliphatic carbocycles. The molecule has 0 aromatic heterocycles. The molecular formula is C11H15ClN2. The molecule has 1 N–H and O–H groups in total. The Morgan fingerprint density at radius 1 is 1.50 bits per heavy atom. The van der Waals surface area contributed by atoms with Crippen LogP contribution in [0, 0.1) is 0 Å². The quantitative estimate of drug-likeness (QED) is 0.764. The zero-order valence-corrected chi connectivity index (χ0v) is 9.09. The lowest BCUT2D eigenvalue weighted by molar-refractivity contribution is 0.501. The Kier molecular flexibility index (Phi) is 2.94. The second-order valence-corrected chi connectivity index (χ2v) is 4.16. The van der Waals surface area contributed by atoms with Crippen molar-refractivity contribution >= 4 is 17.3 Å². The summed E-state index contributed by atoms with van der Waals surface area (Å²) in [5, 5.41) is 4.19. The lowest BCUT2D eigenvalue weighted by atomic mass is 10.2. The number of hydrogen-bond donors (Lipinski definition) is 1. The van der Waals surface area contributed by atoms with E-state index >= 15 is 0 Å². The summed E-state index contributed by atoms with van der Waals surface area (Å²) in [7, 11) is 0. The molecule has 3 heteroatoms. The third kappa shape index (κ3) is 2.02. The molecule has 2 rings (SSSR count). The lowest BCUT2D eigenvalue weighted by Gasteiger charge is -2.35. The minimum Gasteiger partial charge on any atom is -0.366 e. The van der Waals surface area contributed by atoms with Crippen LogP contribution in [0.15, 0.2) is 24.3 Å². The van der Waals surface area contributed by atoms with Crippen LogP contribution in [-0.2, 0) is 0 Å². The first-order valence-electron chi connectivity index (χ1n) is 5.00. The van der Waals surface area contributed by atoms with Gasteiger partial charge in [-0.3, -0.25) is 0 Å². The van der Waals surface area contributed by atoms with Crippen LogP contribution in [0.1, 0.15) is 6.92 Å². The Hall–Kier alpha value is -0.730. The standard InChI is InChI=1S/C11H15ClN2/c1-9-8-13-5-6-14(9)11-4-2-3-10(12)7-11/h2-4,7,9,13H,5-6,8H2,1H3. The van der Waals surface area contributed by atoms with Crippen LogP contribution in [0.5, 0.6) is 0 Å². The molecule has 0 saturated carbocycles. The molecule has 76 valence electrons. The number of halogens is 1. The second-order valence-electron chi connectivity index (χ2n) is 3.73. The summed E-state index contributed by atoms with van der Waals surface area (Å²) in [5.41, 5.74) is 1.23. The van der Waals surface area contributed by atoms with Gasteiger partial charge >= 0.3 is 0 Å². The summed E-state index contributed by atoms with van der Waals surface area (Å²) < 4.78 is 0. The molecule has 1 aromatic carbocycles. The van der Waals surface area contributed by atoms with Gasteiger partial charge in [-0.05, 0) is 25.1 Å². The number of nitrogens with one attached hydrogen (secondary N) is 1. The van der Waals surface area contributed by atoms with Gasteiger partial charge in [0.15, 0.2) is 0 Å². The predicted molar refractivity (Wildman–Crippen MR) is 61.1 cm³/mol. The molecule has 1 atom stereocenters. The summed E-state index contributed by atoms with van der Waals surface area (Å²) in [6, 6.07) is 8.61. The van der Waals surface area contributed by atoms with Gasteiger partial charge < -0.3 is 10.2 Å². The monoisotopic (exact) mass is 210 g/mol. The second kappa shape index (κ2) is 4.20. The van der Waals surface area contributed by atoms with Gasteiger partial charge in [-0.1, -0.05) is 17.7 Å². The third-order valence-corrected chi connectivity index (χ3v) is 2.88. The largest absolute Gasteiger partial charge is 0.366 e. The fraction of sp³-hybridized carbons (Fsp3) is 0.455. The van der Waals surface area contributed by atoms with Crippen LogP contribution < -0.4 is 10.2 Å². The molecule has 1 fully saturated rings. The summed E-state index contributed by atoms with van der Waals surface area (Å²) >= 11 is 5.97. The normalized spacial score (nSPS) is 22.4. The Balaban J connectivity index is 2.20. The van der Waals surface area contributed by atoms with Crippen molar-refractivity contribution in [1.82, 2.24) is 5.32 Å². The minimum absolute atomic E-state index is 0.544. The Labute approximate surface area is 89.9 Å². The fourth-order valence-corrected chi connectivity index (χ4v) is 2.06. The number of hydrogen-bond acceptors (Lipinski definition) is 2. The first-order valence-corrected chi connectivity index (χ1v) is 5.38. The molecule has 0 radical (unpaired) electrons. The molecule has 1 aliphatic heterocycles. The van der Waals surface area contributed by atoms with Crippen molar-refractivity contribution in [2.24, 2.45) is 0 Å². The van der Waals surface area contributed by atoms with Gasteiger partial charge in [0.1, 0.15) is 0 Å². The molecule has 1 unspecified atom stereocenters. The van der Waals surface area contributed by atoms with Crippen molar-refractivity contribution in [3.63, 3.8) is 0 Å². The lowest BCUT2D eigenvalue weighted by Crippen LogP contribution is -2.49. The van der Waals surface area contributed by atoms with Crippen LogP contribution in [0.2, 0.25) is 5.02 Å². The molecule has 0 bridgehead atoms. The Morgan fingerprint density at radius 2 is 2.36 bits per heavy atom. The van der Waals surface area contributed by atoms with E-state index in [0.717, 1.165) is 24.7 Å². The van der Waals surface area contributed by atoms with Gasteiger partial charge in [0.05, 0.1) is 0 Å². The SMILES string of the molecule is CC1CNCCN1c1cccc(Cl)c1. The molecule has 14 heavy (non-hydrogen) atoms. The van der Waals surface area contributed by atoms with Gasteiger partial charge in [-0.25, -0.2) is 0 Å². The van der Waals surface area contributed by atoms with Crippen molar-refractivity contribution in [2.75, 3.05) is 24.5 Å². The average molecular weight is 211 g/mol. The van der Waals surface area contributed by atoms with Crippen molar-refractivity contribution < 1.29 is 0 Å². The molecule has 1 saturated heterocycles. The van der Waals surface area contributed by atoms with Crippen molar-refractivity contribution in [3.05, 3.63) is 29.3 Å². The first kappa shape index (κ1) is 9.81. The summed E-state index contributed by atoms with van der Waals surface area (Å²) in [6.07, 6.45) is 0. The van der Waals surface area contributed by atoms with Crippen molar-refractivity contribution in [1.29, 1.82) is 0 Å². The van der Waals surface area contributed by atoms with Gasteiger partial charge in [-0.15, -0.1) is 0 Å². The van der Waals surface area contributed by atoms with E-state index in [9.17, 15) is 0 Å². The number of benzene rings is 1. The highest BCUT2D eigenvalue weighted by atomic mass is 35.5. The van der Waals surface area contributed by atoms with E-state index in [4.69, 9.17) is 11.6 Å².